The molecule has 0 aromatic rings. The van der Waals surface area contributed by atoms with Crippen LogP contribution in [0.2, 0.25) is 0 Å². The Morgan fingerprint density at radius 1 is 1.75 bits per heavy atom. The Kier molecular flexibility index (Phi) is 3.51. The molecule has 0 saturated carbocycles. The van der Waals surface area contributed by atoms with Crippen LogP contribution in [-0.2, 0) is 0 Å². The second kappa shape index (κ2) is 4.44. The van der Waals surface area contributed by atoms with Crippen LogP contribution in [0.15, 0.2) is 0 Å². The molecule has 12 heavy (non-hydrogen) atoms. The maximum Gasteiger partial charge on any atom is 0.0638 e. The monoisotopic (exact) mass is 168 g/mol. The molecule has 1 saturated heterocycles. The van der Waals surface area contributed by atoms with Gasteiger partial charge in [-0.05, 0) is 26.3 Å². The van der Waals surface area contributed by atoms with Gasteiger partial charge in [0.15, 0.2) is 0 Å². The molecule has 2 unspecified atom stereocenters. The van der Waals surface area contributed by atoms with Crippen LogP contribution >= 0.6 is 0 Å². The second-order valence-electron chi connectivity index (χ2n) is 3.43. The number of aliphatic hydroxyl groups excluding tert-OH is 1. The first kappa shape index (κ1) is 9.50. The maximum absolute atomic E-state index is 9.03. The first-order chi connectivity index (χ1) is 5.79. The Balaban J connectivity index is 2.44. The minimum Gasteiger partial charge on any atom is -0.395 e. The van der Waals surface area contributed by atoms with Gasteiger partial charge in [0.2, 0.25) is 0 Å². The lowest BCUT2D eigenvalue weighted by Crippen LogP contribution is -2.39. The highest BCUT2D eigenvalue weighted by Gasteiger charge is 2.27. The van der Waals surface area contributed by atoms with Crippen molar-refractivity contribution >= 4 is 0 Å². The first-order valence-corrected chi connectivity index (χ1v) is 4.53. The smallest absolute Gasteiger partial charge is 0.0638 e. The van der Waals surface area contributed by atoms with Crippen molar-refractivity contribution in [3.05, 3.63) is 0 Å². The molecule has 1 heterocycles. The molecule has 0 aromatic heterocycles. The first-order valence-electron chi connectivity index (χ1n) is 4.53. The highest BCUT2D eigenvalue weighted by Crippen LogP contribution is 2.20. The molecule has 1 N–H and O–H groups in total. The Bertz CT molecular complexity index is 176. The van der Waals surface area contributed by atoms with Crippen LogP contribution < -0.4 is 0 Å². The van der Waals surface area contributed by atoms with Gasteiger partial charge < -0.3 is 5.11 Å². The largest absolute Gasteiger partial charge is 0.395 e. The summed E-state index contributed by atoms with van der Waals surface area (Å²) in [6.07, 6.45) is 2.80. The zero-order chi connectivity index (χ0) is 8.97. The second-order valence-corrected chi connectivity index (χ2v) is 3.43. The van der Waals surface area contributed by atoms with Gasteiger partial charge in [-0.3, -0.25) is 4.90 Å². The van der Waals surface area contributed by atoms with Crippen LogP contribution in [0.1, 0.15) is 26.2 Å². The van der Waals surface area contributed by atoms with Gasteiger partial charge in [0, 0.05) is 12.1 Å². The summed E-state index contributed by atoms with van der Waals surface area (Å²) in [7, 11) is 0. The fourth-order valence-electron chi connectivity index (χ4n) is 1.88. The van der Waals surface area contributed by atoms with Crippen molar-refractivity contribution in [3.8, 4) is 6.07 Å². The highest BCUT2D eigenvalue weighted by molar-refractivity contribution is 4.87. The third-order valence-corrected chi connectivity index (χ3v) is 2.59. The van der Waals surface area contributed by atoms with Crippen LogP contribution in [0.4, 0.5) is 0 Å². The van der Waals surface area contributed by atoms with Crippen LogP contribution in [0.25, 0.3) is 0 Å². The average Bonchev–Trinajstić information content (AvgIpc) is 2.51. The molecule has 3 heteroatoms. The maximum atomic E-state index is 9.03. The van der Waals surface area contributed by atoms with Crippen molar-refractivity contribution in [1.29, 1.82) is 5.26 Å². The van der Waals surface area contributed by atoms with E-state index in [2.05, 4.69) is 17.9 Å². The fraction of sp³-hybridized carbons (Fsp3) is 0.889. The average molecular weight is 168 g/mol. The lowest BCUT2D eigenvalue weighted by molar-refractivity contribution is 0.127. The van der Waals surface area contributed by atoms with E-state index in [-0.39, 0.29) is 6.61 Å². The van der Waals surface area contributed by atoms with E-state index in [0.29, 0.717) is 18.5 Å². The van der Waals surface area contributed by atoms with Gasteiger partial charge in [-0.15, -0.1) is 0 Å². The number of nitriles is 1. The molecule has 0 amide bonds. The van der Waals surface area contributed by atoms with Gasteiger partial charge in [-0.25, -0.2) is 0 Å². The highest BCUT2D eigenvalue weighted by atomic mass is 16.3. The van der Waals surface area contributed by atoms with Gasteiger partial charge in [-0.1, -0.05) is 0 Å². The van der Waals surface area contributed by atoms with E-state index in [1.165, 1.54) is 0 Å². The number of likely N-dealkylation sites (tertiary alicyclic amines) is 1. The van der Waals surface area contributed by atoms with Crippen LogP contribution in [-0.4, -0.2) is 35.2 Å². The van der Waals surface area contributed by atoms with E-state index < -0.39 is 0 Å². The van der Waals surface area contributed by atoms with Crippen molar-refractivity contribution in [2.24, 2.45) is 0 Å². The molecular formula is C9H16N2O. The van der Waals surface area contributed by atoms with E-state index in [9.17, 15) is 0 Å². The predicted molar refractivity (Wildman–Crippen MR) is 46.5 cm³/mol. The van der Waals surface area contributed by atoms with Crippen molar-refractivity contribution in [1.82, 2.24) is 4.90 Å². The summed E-state index contributed by atoms with van der Waals surface area (Å²) >= 11 is 0. The number of aliphatic hydroxyl groups is 1. The van der Waals surface area contributed by atoms with Gasteiger partial charge in [-0.2, -0.15) is 5.26 Å². The summed E-state index contributed by atoms with van der Waals surface area (Å²) in [5.74, 6) is 0. The Morgan fingerprint density at radius 2 is 2.50 bits per heavy atom. The van der Waals surface area contributed by atoms with E-state index in [1.54, 1.807) is 0 Å². The predicted octanol–water partition coefficient (Wildman–Crippen LogP) is 0.745. The zero-order valence-corrected chi connectivity index (χ0v) is 7.53. The molecule has 2 atom stereocenters. The lowest BCUT2D eigenvalue weighted by Gasteiger charge is -2.27. The fourth-order valence-corrected chi connectivity index (χ4v) is 1.88. The van der Waals surface area contributed by atoms with E-state index in [0.717, 1.165) is 19.4 Å². The van der Waals surface area contributed by atoms with Crippen molar-refractivity contribution in [2.45, 2.75) is 38.3 Å². The summed E-state index contributed by atoms with van der Waals surface area (Å²) in [5, 5.41) is 17.5. The molecular weight excluding hydrogens is 152 g/mol. The van der Waals surface area contributed by atoms with E-state index in [4.69, 9.17) is 10.4 Å². The van der Waals surface area contributed by atoms with Crippen molar-refractivity contribution in [2.75, 3.05) is 13.2 Å². The molecule has 1 fully saturated rings. The number of hydrogen-bond acceptors (Lipinski definition) is 3. The molecule has 1 aliphatic rings. The summed E-state index contributed by atoms with van der Waals surface area (Å²) in [5.41, 5.74) is 0. The molecule has 0 radical (unpaired) electrons. The van der Waals surface area contributed by atoms with Crippen molar-refractivity contribution in [3.63, 3.8) is 0 Å². The van der Waals surface area contributed by atoms with Gasteiger partial charge >= 0.3 is 0 Å². The van der Waals surface area contributed by atoms with E-state index in [1.807, 2.05) is 0 Å². The summed E-state index contributed by atoms with van der Waals surface area (Å²) in [6, 6.07) is 2.77. The van der Waals surface area contributed by atoms with E-state index >= 15 is 0 Å². The van der Waals surface area contributed by atoms with Crippen LogP contribution in [0.3, 0.4) is 0 Å². The zero-order valence-electron chi connectivity index (χ0n) is 7.53. The Morgan fingerprint density at radius 3 is 3.08 bits per heavy atom. The summed E-state index contributed by atoms with van der Waals surface area (Å²) < 4.78 is 0. The minimum absolute atomic E-state index is 0.232. The third-order valence-electron chi connectivity index (χ3n) is 2.59. The Hall–Kier alpha value is -0.590. The van der Waals surface area contributed by atoms with Crippen LogP contribution in [0.5, 0.6) is 0 Å². The standard InChI is InChI=1S/C9H16N2O/c1-8(4-5-10)11-6-2-3-9(11)7-12/h8-9,12H,2-4,6-7H2,1H3. The molecule has 0 aliphatic carbocycles. The SMILES string of the molecule is CC(CC#N)N1CCCC1CO. The molecule has 0 spiro atoms. The van der Waals surface area contributed by atoms with Crippen molar-refractivity contribution < 1.29 is 5.11 Å². The molecule has 3 nitrogen and oxygen atoms in total. The molecule has 0 bridgehead atoms. The molecule has 1 rings (SSSR count). The van der Waals surface area contributed by atoms with Gasteiger partial charge in [0.25, 0.3) is 0 Å². The van der Waals surface area contributed by atoms with Gasteiger partial charge in [0.05, 0.1) is 19.1 Å². The number of nitrogens with zero attached hydrogens (tertiary/aromatic N) is 2. The third kappa shape index (κ3) is 1.96. The normalized spacial score (nSPS) is 26.9. The minimum atomic E-state index is 0.232. The number of rotatable bonds is 3. The molecule has 68 valence electrons. The molecule has 1 aliphatic heterocycles. The van der Waals surface area contributed by atoms with Crippen LogP contribution in [0, 0.1) is 11.3 Å². The lowest BCUT2D eigenvalue weighted by atomic mass is 10.2. The topological polar surface area (TPSA) is 47.3 Å². The number of hydrogen-bond donors (Lipinski definition) is 1. The molecule has 0 aromatic carbocycles. The quantitative estimate of drug-likeness (QED) is 0.676. The summed E-state index contributed by atoms with van der Waals surface area (Å²) in [4.78, 5) is 2.24. The summed E-state index contributed by atoms with van der Waals surface area (Å²) in [6.45, 7) is 3.32. The van der Waals surface area contributed by atoms with Gasteiger partial charge in [0.1, 0.15) is 0 Å². The Labute approximate surface area is 73.6 Å².